The summed E-state index contributed by atoms with van der Waals surface area (Å²) in [5.41, 5.74) is 1.86. The molecule has 28 heavy (non-hydrogen) atoms. The number of amides is 1. The molecule has 8 heteroatoms. The van der Waals surface area contributed by atoms with Crippen molar-refractivity contribution >= 4 is 23.1 Å². The van der Waals surface area contributed by atoms with Crippen molar-refractivity contribution in [3.8, 4) is 17.6 Å². The van der Waals surface area contributed by atoms with Gasteiger partial charge in [-0.05, 0) is 30.3 Å². The monoisotopic (exact) mass is 375 g/mol. The first-order valence-electron chi connectivity index (χ1n) is 8.25. The van der Waals surface area contributed by atoms with Crippen LogP contribution in [0.1, 0.15) is 16.1 Å². The molecule has 3 rings (SSSR count). The largest absolute Gasteiger partial charge is 0.493 e. The van der Waals surface area contributed by atoms with Gasteiger partial charge in [-0.15, -0.1) is 0 Å². The summed E-state index contributed by atoms with van der Waals surface area (Å²) in [5, 5.41) is 14.8. The van der Waals surface area contributed by atoms with E-state index in [0.717, 1.165) is 0 Å². The second-order valence-electron chi connectivity index (χ2n) is 5.63. The van der Waals surface area contributed by atoms with E-state index in [9.17, 15) is 4.79 Å². The minimum absolute atomic E-state index is 0.181. The molecule has 0 saturated heterocycles. The lowest BCUT2D eigenvalue weighted by atomic mass is 10.2. The lowest BCUT2D eigenvalue weighted by molar-refractivity contribution is 0.102. The number of nitrogens with one attached hydrogen (secondary N) is 2. The van der Waals surface area contributed by atoms with E-state index in [4.69, 9.17) is 14.7 Å². The molecule has 0 aliphatic carbocycles. The molecular weight excluding hydrogens is 358 g/mol. The maximum absolute atomic E-state index is 12.5. The second kappa shape index (κ2) is 8.51. The first kappa shape index (κ1) is 18.7. The second-order valence-corrected chi connectivity index (χ2v) is 5.63. The molecule has 0 radical (unpaired) electrons. The third kappa shape index (κ3) is 4.34. The number of benzene rings is 2. The van der Waals surface area contributed by atoms with E-state index in [-0.39, 0.29) is 5.69 Å². The van der Waals surface area contributed by atoms with Gasteiger partial charge in [0.05, 0.1) is 25.9 Å². The molecule has 8 nitrogen and oxygen atoms in total. The molecule has 1 aromatic heterocycles. The Morgan fingerprint density at radius 3 is 2.57 bits per heavy atom. The van der Waals surface area contributed by atoms with Crippen LogP contribution in [0.15, 0.2) is 54.9 Å². The van der Waals surface area contributed by atoms with Crippen LogP contribution in [0.25, 0.3) is 0 Å². The third-order valence-electron chi connectivity index (χ3n) is 3.81. The molecule has 0 fully saturated rings. The van der Waals surface area contributed by atoms with Gasteiger partial charge in [-0.25, -0.2) is 9.97 Å². The number of carbonyl (C=O) groups excluding carboxylic acids is 1. The van der Waals surface area contributed by atoms with E-state index in [0.29, 0.717) is 34.3 Å². The molecule has 0 aliphatic heterocycles. The molecule has 140 valence electrons. The predicted octanol–water partition coefficient (Wildman–Crippen LogP) is 3.36. The fourth-order valence-corrected chi connectivity index (χ4v) is 2.47. The van der Waals surface area contributed by atoms with E-state index >= 15 is 0 Å². The Balaban J connectivity index is 1.76. The highest BCUT2D eigenvalue weighted by Gasteiger charge is 2.11. The fourth-order valence-electron chi connectivity index (χ4n) is 2.47. The van der Waals surface area contributed by atoms with E-state index in [1.54, 1.807) is 56.7 Å². The maximum Gasteiger partial charge on any atom is 0.274 e. The lowest BCUT2D eigenvalue weighted by Gasteiger charge is -2.11. The molecule has 1 heterocycles. The average Bonchev–Trinajstić information content (AvgIpc) is 2.74. The van der Waals surface area contributed by atoms with Gasteiger partial charge in [0.1, 0.15) is 17.8 Å². The van der Waals surface area contributed by atoms with Crippen LogP contribution in [0, 0.1) is 11.3 Å². The van der Waals surface area contributed by atoms with Crippen molar-refractivity contribution in [1.29, 1.82) is 5.26 Å². The highest BCUT2D eigenvalue weighted by atomic mass is 16.5. The van der Waals surface area contributed by atoms with Gasteiger partial charge in [-0.3, -0.25) is 4.79 Å². The summed E-state index contributed by atoms with van der Waals surface area (Å²) in [4.78, 5) is 20.6. The van der Waals surface area contributed by atoms with Gasteiger partial charge in [0.15, 0.2) is 11.5 Å². The van der Waals surface area contributed by atoms with Crippen LogP contribution >= 0.6 is 0 Å². The van der Waals surface area contributed by atoms with Crippen molar-refractivity contribution in [1.82, 2.24) is 9.97 Å². The van der Waals surface area contributed by atoms with Crippen molar-refractivity contribution in [2.45, 2.75) is 0 Å². The Morgan fingerprint density at radius 2 is 1.82 bits per heavy atom. The number of methoxy groups -OCH3 is 2. The van der Waals surface area contributed by atoms with Gasteiger partial charge in [-0.1, -0.05) is 6.07 Å². The number of hydrogen-bond donors (Lipinski definition) is 2. The predicted molar refractivity (Wildman–Crippen MR) is 104 cm³/mol. The Kier molecular flexibility index (Phi) is 5.67. The van der Waals surface area contributed by atoms with Gasteiger partial charge in [-0.2, -0.15) is 5.26 Å². The average molecular weight is 375 g/mol. The van der Waals surface area contributed by atoms with Crippen molar-refractivity contribution in [2.75, 3.05) is 24.9 Å². The first-order chi connectivity index (χ1) is 13.6. The zero-order valence-corrected chi connectivity index (χ0v) is 15.3. The van der Waals surface area contributed by atoms with Crippen molar-refractivity contribution in [3.05, 3.63) is 66.1 Å². The van der Waals surface area contributed by atoms with Crippen molar-refractivity contribution in [3.63, 3.8) is 0 Å². The first-order valence-corrected chi connectivity index (χ1v) is 8.25. The molecule has 0 aliphatic rings. The van der Waals surface area contributed by atoms with Gasteiger partial charge >= 0.3 is 0 Å². The van der Waals surface area contributed by atoms with E-state index in [1.165, 1.54) is 12.4 Å². The summed E-state index contributed by atoms with van der Waals surface area (Å²) < 4.78 is 10.5. The molecule has 0 saturated carbocycles. The number of ether oxygens (including phenoxy) is 2. The fraction of sp³-hybridized carbons (Fsp3) is 0.100. The minimum atomic E-state index is -0.409. The topological polar surface area (TPSA) is 109 Å². The van der Waals surface area contributed by atoms with Crippen LogP contribution in [0.4, 0.5) is 17.2 Å². The smallest absolute Gasteiger partial charge is 0.274 e. The number of nitriles is 1. The standard InChI is InChI=1S/C20H17N5O3/c1-27-17-7-6-15(9-18(17)28-2)24-19-10-16(22-12-23-19)20(26)25-14-5-3-4-13(8-14)11-21/h3-10,12H,1-2H3,(H,25,26)(H,22,23,24). The van der Waals surface area contributed by atoms with Crippen LogP contribution in [-0.2, 0) is 0 Å². The molecule has 1 amide bonds. The molecule has 0 unspecified atom stereocenters. The SMILES string of the molecule is COc1ccc(Nc2cc(C(=O)Nc3cccc(C#N)c3)ncn2)cc1OC. The van der Waals surface area contributed by atoms with Crippen LogP contribution in [0.2, 0.25) is 0 Å². The Hall–Kier alpha value is -4.12. The third-order valence-corrected chi connectivity index (χ3v) is 3.81. The van der Waals surface area contributed by atoms with Crippen LogP contribution in [0.5, 0.6) is 11.5 Å². The molecule has 2 N–H and O–H groups in total. The molecule has 2 aromatic carbocycles. The Bertz CT molecular complexity index is 1050. The van der Waals surface area contributed by atoms with E-state index in [1.807, 2.05) is 6.07 Å². The maximum atomic E-state index is 12.5. The highest BCUT2D eigenvalue weighted by molar-refractivity contribution is 6.03. The van der Waals surface area contributed by atoms with E-state index in [2.05, 4.69) is 20.6 Å². The summed E-state index contributed by atoms with van der Waals surface area (Å²) in [5.74, 6) is 1.21. The number of aromatic nitrogens is 2. The highest BCUT2D eigenvalue weighted by Crippen LogP contribution is 2.30. The van der Waals surface area contributed by atoms with E-state index < -0.39 is 5.91 Å². The number of anilines is 3. The number of rotatable bonds is 6. The summed E-state index contributed by atoms with van der Waals surface area (Å²) in [6.07, 6.45) is 1.30. The molecule has 0 bridgehead atoms. The van der Waals surface area contributed by atoms with Gasteiger partial charge in [0.25, 0.3) is 5.91 Å². The quantitative estimate of drug-likeness (QED) is 0.680. The minimum Gasteiger partial charge on any atom is -0.493 e. The van der Waals surface area contributed by atoms with Gasteiger partial charge < -0.3 is 20.1 Å². The summed E-state index contributed by atoms with van der Waals surface area (Å²) in [7, 11) is 3.11. The molecule has 0 atom stereocenters. The zero-order valence-electron chi connectivity index (χ0n) is 15.3. The van der Waals surface area contributed by atoms with Gasteiger partial charge in [0, 0.05) is 23.5 Å². The van der Waals surface area contributed by atoms with Crippen LogP contribution in [0.3, 0.4) is 0 Å². The molecule has 3 aromatic rings. The summed E-state index contributed by atoms with van der Waals surface area (Å²) in [6, 6.07) is 15.5. The number of nitrogens with zero attached hydrogens (tertiary/aromatic N) is 3. The summed E-state index contributed by atoms with van der Waals surface area (Å²) >= 11 is 0. The Labute approximate surface area is 161 Å². The number of carbonyl (C=O) groups is 1. The normalized spacial score (nSPS) is 9.89. The molecular formula is C20H17N5O3. The lowest BCUT2D eigenvalue weighted by Crippen LogP contribution is -2.14. The van der Waals surface area contributed by atoms with Gasteiger partial charge in [0.2, 0.25) is 0 Å². The van der Waals surface area contributed by atoms with Crippen LogP contribution in [-0.4, -0.2) is 30.1 Å². The molecule has 0 spiro atoms. The number of hydrogen-bond acceptors (Lipinski definition) is 7. The van der Waals surface area contributed by atoms with Crippen molar-refractivity contribution < 1.29 is 14.3 Å². The van der Waals surface area contributed by atoms with Crippen molar-refractivity contribution in [2.24, 2.45) is 0 Å². The Morgan fingerprint density at radius 1 is 1.00 bits per heavy atom. The summed E-state index contributed by atoms with van der Waals surface area (Å²) in [6.45, 7) is 0. The zero-order chi connectivity index (χ0) is 19.9. The van der Waals surface area contributed by atoms with Crippen LogP contribution < -0.4 is 20.1 Å².